The maximum absolute atomic E-state index is 12.0. The van der Waals surface area contributed by atoms with Gasteiger partial charge in [-0.25, -0.2) is 0 Å². The number of hydrogen-bond donors (Lipinski definition) is 2. The Hall–Kier alpha value is -0.820. The van der Waals surface area contributed by atoms with E-state index in [-0.39, 0.29) is 10.7 Å². The number of carbonyl (C=O) groups excluding carboxylic acids is 1. The predicted molar refractivity (Wildman–Crippen MR) is 83.2 cm³/mol. The van der Waals surface area contributed by atoms with Crippen LogP contribution in [0.3, 0.4) is 0 Å². The molecule has 1 amide bonds. The van der Waals surface area contributed by atoms with E-state index < -0.39 is 0 Å². The van der Waals surface area contributed by atoms with Crippen LogP contribution in [0.1, 0.15) is 43.4 Å². The summed E-state index contributed by atoms with van der Waals surface area (Å²) in [5, 5.41) is 14.9. The van der Waals surface area contributed by atoms with Crippen molar-refractivity contribution in [1.29, 1.82) is 0 Å². The van der Waals surface area contributed by atoms with Crippen LogP contribution >= 0.6 is 23.1 Å². The Morgan fingerprint density at radius 1 is 1.32 bits per heavy atom. The van der Waals surface area contributed by atoms with E-state index in [9.17, 15) is 4.79 Å². The standard InChI is InChI=1S/C12H22N4OS2/c1-5-12(6-2,18-4)8-14-9(17)10-15-16-11(19-10)13-7-3/h5-8H2,1-4H3,(H,13,16)(H,14,17). The predicted octanol–water partition coefficient (Wildman–Crippen LogP) is 2.62. The van der Waals surface area contributed by atoms with E-state index in [1.807, 2.05) is 18.7 Å². The number of anilines is 1. The van der Waals surface area contributed by atoms with Gasteiger partial charge in [0.15, 0.2) is 0 Å². The van der Waals surface area contributed by atoms with E-state index in [0.717, 1.165) is 19.4 Å². The van der Waals surface area contributed by atoms with Gasteiger partial charge in [0.25, 0.3) is 5.91 Å². The van der Waals surface area contributed by atoms with E-state index in [0.29, 0.717) is 16.7 Å². The second kappa shape index (κ2) is 7.69. The third-order valence-corrected chi connectivity index (χ3v) is 5.71. The molecule has 1 heterocycles. The summed E-state index contributed by atoms with van der Waals surface area (Å²) in [7, 11) is 0. The summed E-state index contributed by atoms with van der Waals surface area (Å²) in [6.07, 6.45) is 4.15. The van der Waals surface area contributed by atoms with Gasteiger partial charge < -0.3 is 10.6 Å². The van der Waals surface area contributed by atoms with Crippen LogP contribution in [-0.4, -0.2) is 40.2 Å². The van der Waals surface area contributed by atoms with Crippen LogP contribution in [-0.2, 0) is 0 Å². The molecule has 1 aromatic heterocycles. The smallest absolute Gasteiger partial charge is 0.282 e. The molecule has 0 aliphatic carbocycles. The molecular formula is C12H22N4OS2. The Kier molecular flexibility index (Phi) is 6.57. The Bertz CT molecular complexity index is 396. The zero-order chi connectivity index (χ0) is 14.3. The van der Waals surface area contributed by atoms with Crippen LogP contribution < -0.4 is 10.6 Å². The van der Waals surface area contributed by atoms with Crippen LogP contribution in [0, 0.1) is 0 Å². The molecule has 5 nitrogen and oxygen atoms in total. The van der Waals surface area contributed by atoms with E-state index in [1.165, 1.54) is 11.3 Å². The number of carbonyl (C=O) groups is 1. The maximum Gasteiger partial charge on any atom is 0.282 e. The minimum absolute atomic E-state index is 0.116. The van der Waals surface area contributed by atoms with Gasteiger partial charge in [-0.15, -0.1) is 10.2 Å². The quantitative estimate of drug-likeness (QED) is 0.772. The maximum atomic E-state index is 12.0. The molecule has 0 radical (unpaired) electrons. The number of thioether (sulfide) groups is 1. The summed E-state index contributed by atoms with van der Waals surface area (Å²) in [6, 6.07) is 0. The van der Waals surface area contributed by atoms with E-state index in [4.69, 9.17) is 0 Å². The third-order valence-electron chi connectivity index (χ3n) is 3.24. The van der Waals surface area contributed by atoms with Gasteiger partial charge >= 0.3 is 0 Å². The van der Waals surface area contributed by atoms with Crippen LogP contribution in [0.15, 0.2) is 0 Å². The molecule has 1 aromatic rings. The van der Waals surface area contributed by atoms with Crippen molar-refractivity contribution in [3.63, 3.8) is 0 Å². The molecule has 0 bridgehead atoms. The molecule has 0 aliphatic heterocycles. The van der Waals surface area contributed by atoms with Crippen molar-refractivity contribution in [3.05, 3.63) is 5.01 Å². The summed E-state index contributed by atoms with van der Waals surface area (Å²) in [5.41, 5.74) is 0. The summed E-state index contributed by atoms with van der Waals surface area (Å²) in [5.74, 6) is -0.137. The van der Waals surface area contributed by atoms with Crippen LogP contribution in [0.2, 0.25) is 0 Å². The van der Waals surface area contributed by atoms with Crippen molar-refractivity contribution < 1.29 is 4.79 Å². The van der Waals surface area contributed by atoms with Gasteiger partial charge in [-0.2, -0.15) is 11.8 Å². The number of rotatable bonds is 8. The highest BCUT2D eigenvalue weighted by Gasteiger charge is 2.26. The van der Waals surface area contributed by atoms with Crippen molar-refractivity contribution >= 4 is 34.1 Å². The lowest BCUT2D eigenvalue weighted by molar-refractivity contribution is 0.0948. The lowest BCUT2D eigenvalue weighted by Crippen LogP contribution is -2.39. The molecule has 19 heavy (non-hydrogen) atoms. The number of hydrogen-bond acceptors (Lipinski definition) is 6. The first-order valence-corrected chi connectivity index (χ1v) is 8.55. The zero-order valence-corrected chi connectivity index (χ0v) is 13.6. The van der Waals surface area contributed by atoms with Crippen LogP contribution in [0.25, 0.3) is 0 Å². The van der Waals surface area contributed by atoms with Gasteiger partial charge in [0.05, 0.1) is 0 Å². The average Bonchev–Trinajstić information content (AvgIpc) is 2.90. The molecule has 7 heteroatoms. The van der Waals surface area contributed by atoms with E-state index in [2.05, 4.69) is 40.9 Å². The fraction of sp³-hybridized carbons (Fsp3) is 0.750. The number of aromatic nitrogens is 2. The monoisotopic (exact) mass is 302 g/mol. The third kappa shape index (κ3) is 4.35. The van der Waals surface area contributed by atoms with Crippen molar-refractivity contribution in [3.8, 4) is 0 Å². The second-order valence-corrected chi connectivity index (χ2v) is 6.47. The second-order valence-electron chi connectivity index (χ2n) is 4.22. The fourth-order valence-electron chi connectivity index (χ4n) is 1.72. The van der Waals surface area contributed by atoms with Gasteiger partial charge in [-0.3, -0.25) is 4.79 Å². The van der Waals surface area contributed by atoms with Gasteiger partial charge in [0, 0.05) is 17.8 Å². The van der Waals surface area contributed by atoms with Crippen molar-refractivity contribution in [2.24, 2.45) is 0 Å². The van der Waals surface area contributed by atoms with Crippen molar-refractivity contribution in [2.75, 3.05) is 24.7 Å². The summed E-state index contributed by atoms with van der Waals surface area (Å²) < 4.78 is 0.116. The lowest BCUT2D eigenvalue weighted by Gasteiger charge is -2.29. The minimum Gasteiger partial charge on any atom is -0.360 e. The van der Waals surface area contributed by atoms with Gasteiger partial charge in [-0.05, 0) is 26.0 Å². The summed E-state index contributed by atoms with van der Waals surface area (Å²) in [4.78, 5) is 12.0. The molecule has 0 saturated carbocycles. The summed E-state index contributed by atoms with van der Waals surface area (Å²) >= 11 is 3.09. The lowest BCUT2D eigenvalue weighted by atomic mass is 10.0. The molecule has 0 aliphatic rings. The molecule has 0 saturated heterocycles. The van der Waals surface area contributed by atoms with Crippen molar-refractivity contribution in [2.45, 2.75) is 38.4 Å². The number of nitrogens with one attached hydrogen (secondary N) is 2. The molecular weight excluding hydrogens is 280 g/mol. The SMILES string of the molecule is CCNc1nnc(C(=O)NCC(CC)(CC)SC)s1. The van der Waals surface area contributed by atoms with Gasteiger partial charge in [0.2, 0.25) is 10.1 Å². The highest BCUT2D eigenvalue weighted by atomic mass is 32.2. The Morgan fingerprint density at radius 2 is 2.00 bits per heavy atom. The van der Waals surface area contributed by atoms with Gasteiger partial charge in [-0.1, -0.05) is 25.2 Å². The normalized spacial score (nSPS) is 11.4. The number of nitrogens with zero attached hydrogens (tertiary/aromatic N) is 2. The number of amides is 1. The first-order chi connectivity index (χ1) is 9.10. The highest BCUT2D eigenvalue weighted by molar-refractivity contribution is 8.00. The van der Waals surface area contributed by atoms with Crippen LogP contribution in [0.4, 0.5) is 5.13 Å². The molecule has 0 spiro atoms. The molecule has 0 aromatic carbocycles. The van der Waals surface area contributed by atoms with Gasteiger partial charge in [0.1, 0.15) is 0 Å². The topological polar surface area (TPSA) is 66.9 Å². The fourth-order valence-corrected chi connectivity index (χ4v) is 3.24. The Balaban J connectivity index is 2.58. The molecule has 0 unspecified atom stereocenters. The van der Waals surface area contributed by atoms with E-state index >= 15 is 0 Å². The summed E-state index contributed by atoms with van der Waals surface area (Å²) in [6.45, 7) is 7.73. The first-order valence-electron chi connectivity index (χ1n) is 6.51. The molecule has 108 valence electrons. The van der Waals surface area contributed by atoms with E-state index in [1.54, 1.807) is 0 Å². The molecule has 2 N–H and O–H groups in total. The minimum atomic E-state index is -0.137. The van der Waals surface area contributed by atoms with Crippen molar-refractivity contribution in [1.82, 2.24) is 15.5 Å². The Morgan fingerprint density at radius 3 is 2.53 bits per heavy atom. The first kappa shape index (κ1) is 16.2. The molecule has 1 rings (SSSR count). The highest BCUT2D eigenvalue weighted by Crippen LogP contribution is 2.29. The van der Waals surface area contributed by atoms with Crippen LogP contribution in [0.5, 0.6) is 0 Å². The Labute approximate surface area is 123 Å². The molecule has 0 atom stereocenters. The zero-order valence-electron chi connectivity index (χ0n) is 11.9. The largest absolute Gasteiger partial charge is 0.360 e. The molecule has 0 fully saturated rings. The average molecular weight is 302 g/mol.